The van der Waals surface area contributed by atoms with Crippen molar-refractivity contribution < 1.29 is 9.18 Å². The van der Waals surface area contributed by atoms with Crippen molar-refractivity contribution >= 4 is 21.8 Å². The molecule has 1 saturated heterocycles. The number of amides is 1. The third-order valence-corrected chi connectivity index (χ3v) is 4.11. The fourth-order valence-corrected chi connectivity index (χ4v) is 2.78. The van der Waals surface area contributed by atoms with E-state index in [1.165, 1.54) is 6.07 Å². The second-order valence-corrected chi connectivity index (χ2v) is 5.82. The van der Waals surface area contributed by atoms with Crippen LogP contribution < -0.4 is 5.32 Å². The van der Waals surface area contributed by atoms with Crippen molar-refractivity contribution in [2.24, 2.45) is 5.92 Å². The summed E-state index contributed by atoms with van der Waals surface area (Å²) in [7, 11) is 1.67. The van der Waals surface area contributed by atoms with Crippen molar-refractivity contribution in [1.82, 2.24) is 10.2 Å². The van der Waals surface area contributed by atoms with E-state index in [1.807, 2.05) is 12.1 Å². The van der Waals surface area contributed by atoms with Crippen LogP contribution in [0.5, 0.6) is 0 Å². The lowest BCUT2D eigenvalue weighted by molar-refractivity contribution is -0.125. The van der Waals surface area contributed by atoms with Gasteiger partial charge in [0.05, 0.1) is 0 Å². The van der Waals surface area contributed by atoms with Crippen LogP contribution in [-0.2, 0) is 11.3 Å². The minimum absolute atomic E-state index is 0.107. The number of carbonyl (C=O) groups is 1. The minimum Gasteiger partial charge on any atom is -0.359 e. The summed E-state index contributed by atoms with van der Waals surface area (Å²) in [6, 6.07) is 5.16. The van der Waals surface area contributed by atoms with Gasteiger partial charge < -0.3 is 5.32 Å². The molecule has 0 aliphatic carbocycles. The van der Waals surface area contributed by atoms with Crippen LogP contribution in [0.4, 0.5) is 4.39 Å². The Bertz CT molecular complexity index is 459. The van der Waals surface area contributed by atoms with E-state index in [2.05, 4.69) is 26.1 Å². The molecular formula is C14H18BrFN2O. The predicted molar refractivity (Wildman–Crippen MR) is 76.2 cm³/mol. The fourth-order valence-electron chi connectivity index (χ4n) is 2.45. The largest absolute Gasteiger partial charge is 0.359 e. The molecule has 1 N–H and O–H groups in total. The Hall–Kier alpha value is -0.940. The highest BCUT2D eigenvalue weighted by molar-refractivity contribution is 9.10. The summed E-state index contributed by atoms with van der Waals surface area (Å²) in [6.07, 6.45) is 1.69. The molecule has 0 bridgehead atoms. The Kier molecular flexibility index (Phi) is 4.93. The topological polar surface area (TPSA) is 32.3 Å². The maximum Gasteiger partial charge on any atom is 0.222 e. The van der Waals surface area contributed by atoms with Crippen molar-refractivity contribution in [1.29, 1.82) is 0 Å². The second kappa shape index (κ2) is 6.48. The third kappa shape index (κ3) is 3.76. The molecule has 1 aromatic carbocycles. The lowest BCUT2D eigenvalue weighted by Crippen LogP contribution is -2.39. The van der Waals surface area contributed by atoms with E-state index in [9.17, 15) is 9.18 Å². The van der Waals surface area contributed by atoms with Gasteiger partial charge in [0, 0.05) is 29.5 Å². The van der Waals surface area contributed by atoms with Crippen molar-refractivity contribution in [3.63, 3.8) is 0 Å². The number of benzene rings is 1. The first-order valence-corrected chi connectivity index (χ1v) is 7.27. The molecule has 3 nitrogen and oxygen atoms in total. The number of nitrogens with one attached hydrogen (secondary N) is 1. The monoisotopic (exact) mass is 328 g/mol. The molecule has 0 saturated carbocycles. The van der Waals surface area contributed by atoms with Gasteiger partial charge in [-0.05, 0) is 38.1 Å². The van der Waals surface area contributed by atoms with Gasteiger partial charge in [-0.2, -0.15) is 0 Å². The Morgan fingerprint density at radius 1 is 1.47 bits per heavy atom. The smallest absolute Gasteiger partial charge is 0.222 e. The number of likely N-dealkylation sites (tertiary alicyclic amines) is 1. The zero-order chi connectivity index (χ0) is 13.8. The average molecular weight is 329 g/mol. The molecule has 1 amide bonds. The van der Waals surface area contributed by atoms with E-state index in [0.717, 1.165) is 30.4 Å². The molecule has 0 aromatic heterocycles. The normalized spacial score (nSPS) is 17.4. The minimum atomic E-state index is -0.178. The number of nitrogens with zero attached hydrogens (tertiary/aromatic N) is 1. The van der Waals surface area contributed by atoms with Crippen molar-refractivity contribution in [2.45, 2.75) is 19.4 Å². The number of piperidine rings is 1. The number of carbonyl (C=O) groups excluding carboxylic acids is 1. The lowest BCUT2D eigenvalue weighted by Gasteiger charge is -2.31. The van der Waals surface area contributed by atoms with E-state index < -0.39 is 0 Å². The Morgan fingerprint density at radius 3 is 2.74 bits per heavy atom. The van der Waals surface area contributed by atoms with Gasteiger partial charge in [-0.1, -0.05) is 22.0 Å². The molecule has 5 heteroatoms. The van der Waals surface area contributed by atoms with Crippen LogP contribution in [0.2, 0.25) is 0 Å². The standard InChI is InChI=1S/C14H18BrFN2O/c1-17-14(19)10-4-6-18(7-5-10)9-11-2-3-12(15)8-13(11)16/h2-3,8,10H,4-7,9H2,1H3,(H,17,19). The van der Waals surface area contributed by atoms with Crippen LogP contribution in [0.3, 0.4) is 0 Å². The van der Waals surface area contributed by atoms with Gasteiger partial charge in [0.2, 0.25) is 5.91 Å². The van der Waals surface area contributed by atoms with Crippen LogP contribution in [0.1, 0.15) is 18.4 Å². The van der Waals surface area contributed by atoms with Crippen LogP contribution in [0, 0.1) is 11.7 Å². The van der Waals surface area contributed by atoms with Crippen molar-refractivity contribution in [2.75, 3.05) is 20.1 Å². The Balaban J connectivity index is 1.90. The summed E-state index contributed by atoms with van der Waals surface area (Å²) >= 11 is 3.26. The summed E-state index contributed by atoms with van der Waals surface area (Å²) < 4.78 is 14.5. The molecule has 1 aromatic rings. The molecular weight excluding hydrogens is 311 g/mol. The summed E-state index contributed by atoms with van der Waals surface area (Å²) in [6.45, 7) is 2.29. The number of halogens is 2. The molecule has 104 valence electrons. The zero-order valence-electron chi connectivity index (χ0n) is 11.0. The predicted octanol–water partition coefficient (Wildman–Crippen LogP) is 2.55. The molecule has 0 unspecified atom stereocenters. The van der Waals surface area contributed by atoms with Gasteiger partial charge in [0.1, 0.15) is 5.82 Å². The van der Waals surface area contributed by atoms with Crippen LogP contribution in [-0.4, -0.2) is 30.9 Å². The second-order valence-electron chi connectivity index (χ2n) is 4.90. The zero-order valence-corrected chi connectivity index (χ0v) is 12.5. The molecule has 1 aliphatic heterocycles. The first-order chi connectivity index (χ1) is 9.10. The van der Waals surface area contributed by atoms with Gasteiger partial charge in [-0.3, -0.25) is 9.69 Å². The van der Waals surface area contributed by atoms with Gasteiger partial charge in [0.25, 0.3) is 0 Å². The van der Waals surface area contributed by atoms with Crippen molar-refractivity contribution in [3.05, 3.63) is 34.1 Å². The van der Waals surface area contributed by atoms with Crippen LogP contribution in [0.25, 0.3) is 0 Å². The quantitative estimate of drug-likeness (QED) is 0.924. The van der Waals surface area contributed by atoms with E-state index in [1.54, 1.807) is 7.05 Å². The Morgan fingerprint density at radius 2 is 2.16 bits per heavy atom. The first-order valence-electron chi connectivity index (χ1n) is 6.48. The maximum absolute atomic E-state index is 13.7. The lowest BCUT2D eigenvalue weighted by atomic mass is 9.95. The van der Waals surface area contributed by atoms with Gasteiger partial charge >= 0.3 is 0 Å². The molecule has 1 fully saturated rings. The SMILES string of the molecule is CNC(=O)C1CCN(Cc2ccc(Br)cc2F)CC1. The van der Waals surface area contributed by atoms with E-state index >= 15 is 0 Å². The Labute approximate surface area is 121 Å². The van der Waals surface area contributed by atoms with Gasteiger partial charge in [-0.25, -0.2) is 4.39 Å². The number of hydrogen-bond donors (Lipinski definition) is 1. The van der Waals surface area contributed by atoms with Gasteiger partial charge in [-0.15, -0.1) is 0 Å². The summed E-state index contributed by atoms with van der Waals surface area (Å²) in [4.78, 5) is 13.7. The van der Waals surface area contributed by atoms with Crippen LogP contribution in [0.15, 0.2) is 22.7 Å². The number of rotatable bonds is 3. The molecule has 1 aliphatic rings. The fraction of sp³-hybridized carbons (Fsp3) is 0.500. The molecule has 19 heavy (non-hydrogen) atoms. The highest BCUT2D eigenvalue weighted by atomic mass is 79.9. The van der Waals surface area contributed by atoms with E-state index in [-0.39, 0.29) is 17.6 Å². The van der Waals surface area contributed by atoms with E-state index in [4.69, 9.17) is 0 Å². The molecule has 1 heterocycles. The molecule has 0 atom stereocenters. The van der Waals surface area contributed by atoms with E-state index in [0.29, 0.717) is 12.1 Å². The highest BCUT2D eigenvalue weighted by Crippen LogP contribution is 2.21. The molecule has 2 rings (SSSR count). The van der Waals surface area contributed by atoms with Gasteiger partial charge in [0.15, 0.2) is 0 Å². The van der Waals surface area contributed by atoms with Crippen molar-refractivity contribution in [3.8, 4) is 0 Å². The third-order valence-electron chi connectivity index (χ3n) is 3.61. The summed E-state index contributed by atoms with van der Waals surface area (Å²) in [5.74, 6) is 0.0493. The first kappa shape index (κ1) is 14.5. The maximum atomic E-state index is 13.7. The summed E-state index contributed by atoms with van der Waals surface area (Å²) in [5, 5.41) is 2.69. The molecule has 0 spiro atoms. The molecule has 0 radical (unpaired) electrons. The number of hydrogen-bond acceptors (Lipinski definition) is 2. The summed E-state index contributed by atoms with van der Waals surface area (Å²) in [5.41, 5.74) is 0.710. The highest BCUT2D eigenvalue weighted by Gasteiger charge is 2.24. The average Bonchev–Trinajstić information content (AvgIpc) is 2.42. The van der Waals surface area contributed by atoms with Crippen LogP contribution >= 0.6 is 15.9 Å².